The van der Waals surface area contributed by atoms with Gasteiger partial charge in [-0.25, -0.2) is 13.1 Å². The van der Waals surface area contributed by atoms with E-state index in [0.717, 1.165) is 31.8 Å². The quantitative estimate of drug-likeness (QED) is 0.586. The summed E-state index contributed by atoms with van der Waals surface area (Å²) in [5, 5.41) is 2.81. The van der Waals surface area contributed by atoms with Crippen molar-refractivity contribution in [3.05, 3.63) is 29.8 Å². The monoisotopic (exact) mass is 366 g/mol. The molecule has 2 N–H and O–H groups in total. The molecule has 0 aliphatic heterocycles. The van der Waals surface area contributed by atoms with Crippen molar-refractivity contribution in [1.82, 2.24) is 10.0 Å². The van der Waals surface area contributed by atoms with Gasteiger partial charge in [0.25, 0.3) is 5.91 Å². The Kier molecular flexibility index (Phi) is 6.09. The molecule has 0 spiro atoms. The fraction of sp³-hybridized carbons (Fsp3) is 0.611. The van der Waals surface area contributed by atoms with Gasteiger partial charge in [0, 0.05) is 31.9 Å². The second-order valence-electron chi connectivity index (χ2n) is 6.95. The zero-order valence-electron chi connectivity index (χ0n) is 14.4. The summed E-state index contributed by atoms with van der Waals surface area (Å²) in [6.07, 6.45) is 5.45. The van der Waals surface area contributed by atoms with Gasteiger partial charge in [0.05, 0.1) is 4.90 Å². The number of amides is 1. The Morgan fingerprint density at radius 3 is 2.64 bits per heavy atom. The third-order valence-corrected chi connectivity index (χ3v) is 5.89. The summed E-state index contributed by atoms with van der Waals surface area (Å²) < 4.78 is 32.7. The van der Waals surface area contributed by atoms with Gasteiger partial charge < -0.3 is 10.1 Å². The van der Waals surface area contributed by atoms with Crippen molar-refractivity contribution < 1.29 is 17.9 Å². The largest absolute Gasteiger partial charge is 0.381 e. The maximum absolute atomic E-state index is 12.3. The molecule has 2 aliphatic rings. The molecular weight excluding hydrogens is 340 g/mol. The zero-order chi connectivity index (χ0) is 17.7. The molecule has 0 unspecified atom stereocenters. The first-order chi connectivity index (χ1) is 12.0. The highest BCUT2D eigenvalue weighted by atomic mass is 32.2. The normalized spacial score (nSPS) is 17.4. The topological polar surface area (TPSA) is 84.5 Å². The molecule has 0 heterocycles. The summed E-state index contributed by atoms with van der Waals surface area (Å²) in [4.78, 5) is 12.3. The summed E-state index contributed by atoms with van der Waals surface area (Å²) in [5.74, 6) is 0.942. The van der Waals surface area contributed by atoms with Gasteiger partial charge >= 0.3 is 0 Å². The standard InChI is InChI=1S/C18H26N2O4S/c21-18(19-9-2-10-24-13-15-7-8-15)16-3-1-4-17(11-16)25(22,23)20-12-14-5-6-14/h1,3-4,11,14-15,20H,2,5-10,12-13H2,(H,19,21). The minimum absolute atomic E-state index is 0.133. The van der Waals surface area contributed by atoms with Gasteiger partial charge in [-0.2, -0.15) is 0 Å². The molecule has 0 aromatic heterocycles. The molecule has 2 aliphatic carbocycles. The Labute approximate surface area is 149 Å². The molecule has 2 saturated carbocycles. The Hall–Kier alpha value is -1.44. The number of carbonyl (C=O) groups is 1. The number of hydrogen-bond acceptors (Lipinski definition) is 4. The van der Waals surface area contributed by atoms with Crippen LogP contribution in [0, 0.1) is 11.8 Å². The van der Waals surface area contributed by atoms with Gasteiger partial charge in [0.1, 0.15) is 0 Å². The fourth-order valence-electron chi connectivity index (χ4n) is 2.45. The maximum atomic E-state index is 12.3. The number of carbonyl (C=O) groups excluding carboxylic acids is 1. The smallest absolute Gasteiger partial charge is 0.251 e. The van der Waals surface area contributed by atoms with E-state index in [9.17, 15) is 13.2 Å². The highest BCUT2D eigenvalue weighted by Crippen LogP contribution is 2.29. The van der Waals surface area contributed by atoms with Crippen LogP contribution in [0.25, 0.3) is 0 Å². The van der Waals surface area contributed by atoms with Crippen molar-refractivity contribution in [3.63, 3.8) is 0 Å². The van der Waals surface area contributed by atoms with Crippen LogP contribution < -0.4 is 10.0 Å². The van der Waals surface area contributed by atoms with E-state index in [0.29, 0.717) is 31.2 Å². The van der Waals surface area contributed by atoms with Gasteiger partial charge in [-0.3, -0.25) is 4.79 Å². The summed E-state index contributed by atoms with van der Waals surface area (Å²) in [6.45, 7) is 2.44. The molecule has 3 rings (SSSR count). The van der Waals surface area contributed by atoms with E-state index in [2.05, 4.69) is 10.0 Å². The highest BCUT2D eigenvalue weighted by Gasteiger charge is 2.24. The van der Waals surface area contributed by atoms with Gasteiger partial charge in [-0.15, -0.1) is 0 Å². The third-order valence-electron chi connectivity index (χ3n) is 4.47. The molecule has 138 valence electrons. The van der Waals surface area contributed by atoms with Crippen molar-refractivity contribution in [2.24, 2.45) is 11.8 Å². The summed E-state index contributed by atoms with van der Waals surface area (Å²) in [6, 6.07) is 6.16. The third kappa shape index (κ3) is 6.09. The van der Waals surface area contributed by atoms with E-state index in [4.69, 9.17) is 4.74 Å². The lowest BCUT2D eigenvalue weighted by atomic mass is 10.2. The van der Waals surface area contributed by atoms with E-state index >= 15 is 0 Å². The fourth-order valence-corrected chi connectivity index (χ4v) is 3.61. The Bertz CT molecular complexity index is 697. The maximum Gasteiger partial charge on any atom is 0.251 e. The second kappa shape index (κ2) is 8.29. The van der Waals surface area contributed by atoms with Crippen molar-refractivity contribution >= 4 is 15.9 Å². The van der Waals surface area contributed by atoms with Crippen molar-refractivity contribution in [1.29, 1.82) is 0 Å². The number of benzene rings is 1. The van der Waals surface area contributed by atoms with E-state index < -0.39 is 10.0 Å². The zero-order valence-corrected chi connectivity index (χ0v) is 15.2. The molecule has 6 nitrogen and oxygen atoms in total. The average molecular weight is 366 g/mol. The van der Waals surface area contributed by atoms with E-state index in [1.54, 1.807) is 12.1 Å². The van der Waals surface area contributed by atoms with Crippen LogP contribution in [0.15, 0.2) is 29.2 Å². The van der Waals surface area contributed by atoms with Crippen molar-refractivity contribution in [2.45, 2.75) is 37.0 Å². The highest BCUT2D eigenvalue weighted by molar-refractivity contribution is 7.89. The van der Waals surface area contributed by atoms with Crippen LogP contribution in [0.4, 0.5) is 0 Å². The first-order valence-electron chi connectivity index (χ1n) is 9.00. The summed E-state index contributed by atoms with van der Waals surface area (Å²) in [7, 11) is -3.56. The Balaban J connectivity index is 1.44. The molecule has 25 heavy (non-hydrogen) atoms. The summed E-state index contributed by atoms with van der Waals surface area (Å²) in [5.41, 5.74) is 0.355. The van der Waals surface area contributed by atoms with Crippen LogP contribution in [-0.4, -0.2) is 40.6 Å². The lowest BCUT2D eigenvalue weighted by Crippen LogP contribution is -2.27. The van der Waals surface area contributed by atoms with Gasteiger partial charge in [-0.1, -0.05) is 6.07 Å². The molecule has 0 atom stereocenters. The van der Waals surface area contributed by atoms with E-state index in [1.807, 2.05) is 0 Å². The van der Waals surface area contributed by atoms with Crippen LogP contribution in [-0.2, 0) is 14.8 Å². The molecule has 2 fully saturated rings. The molecule has 0 saturated heterocycles. The number of nitrogens with one attached hydrogen (secondary N) is 2. The van der Waals surface area contributed by atoms with Gasteiger partial charge in [-0.05, 0) is 62.1 Å². The number of rotatable bonds is 11. The van der Waals surface area contributed by atoms with Crippen LogP contribution >= 0.6 is 0 Å². The van der Waals surface area contributed by atoms with Crippen molar-refractivity contribution in [3.8, 4) is 0 Å². The second-order valence-corrected chi connectivity index (χ2v) is 8.72. The van der Waals surface area contributed by atoms with Crippen LogP contribution in [0.2, 0.25) is 0 Å². The van der Waals surface area contributed by atoms with E-state index in [-0.39, 0.29) is 10.8 Å². The Morgan fingerprint density at radius 1 is 1.16 bits per heavy atom. The molecule has 0 radical (unpaired) electrons. The van der Waals surface area contributed by atoms with Gasteiger partial charge in [0.2, 0.25) is 10.0 Å². The van der Waals surface area contributed by atoms with E-state index in [1.165, 1.54) is 25.0 Å². The minimum Gasteiger partial charge on any atom is -0.381 e. The number of hydrogen-bond donors (Lipinski definition) is 2. The number of ether oxygens (including phenoxy) is 1. The Morgan fingerprint density at radius 2 is 1.92 bits per heavy atom. The van der Waals surface area contributed by atoms with Crippen LogP contribution in [0.1, 0.15) is 42.5 Å². The first-order valence-corrected chi connectivity index (χ1v) is 10.5. The first kappa shape index (κ1) is 18.4. The molecule has 1 aromatic carbocycles. The average Bonchev–Trinajstić information content (AvgIpc) is 3.50. The molecule has 1 aromatic rings. The SMILES string of the molecule is O=C(NCCCOCC1CC1)c1cccc(S(=O)(=O)NCC2CC2)c1. The predicted octanol–water partition coefficient (Wildman–Crippen LogP) is 1.92. The lowest BCUT2D eigenvalue weighted by Gasteiger charge is -2.09. The van der Waals surface area contributed by atoms with Gasteiger partial charge in [0.15, 0.2) is 0 Å². The molecule has 1 amide bonds. The van der Waals surface area contributed by atoms with Crippen molar-refractivity contribution in [2.75, 3.05) is 26.3 Å². The predicted molar refractivity (Wildman–Crippen MR) is 94.8 cm³/mol. The number of sulfonamides is 1. The molecular formula is C18H26N2O4S. The summed E-state index contributed by atoms with van der Waals surface area (Å²) >= 11 is 0. The molecule has 0 bridgehead atoms. The minimum atomic E-state index is -3.56. The lowest BCUT2D eigenvalue weighted by molar-refractivity contribution is 0.0937. The van der Waals surface area contributed by atoms with Crippen LogP contribution in [0.5, 0.6) is 0 Å². The van der Waals surface area contributed by atoms with Crippen LogP contribution in [0.3, 0.4) is 0 Å². The molecule has 7 heteroatoms.